The van der Waals surface area contributed by atoms with Crippen LogP contribution < -0.4 is 0 Å². The number of fused-ring (bicyclic) bond motifs is 18. The van der Waals surface area contributed by atoms with Crippen molar-refractivity contribution in [2.75, 3.05) is 0 Å². The average molecular weight is 1530 g/mol. The Morgan fingerprint density at radius 2 is 0.467 bits per heavy atom. The van der Waals surface area contributed by atoms with E-state index in [0.29, 0.717) is 16.7 Å². The Kier molecular flexibility index (Phi) is 16.6. The van der Waals surface area contributed by atoms with Gasteiger partial charge in [-0.25, -0.2) is 29.9 Å². The van der Waals surface area contributed by atoms with E-state index in [2.05, 4.69) is 306 Å². The molecule has 0 saturated heterocycles. The SMILES string of the molecule is N#Cc1ccc(-c2cc(-n3c4ccccc4c4ccccc43)nc(-n3c4ccccc4c4cccnc43)c2)cc1.N#Cc1cccc(-c2cc(-n3c4ccccc4c4ccccc43)nc(-n3c4ccccc4c4cccnc43)c2)c1.N#Cc1ccccc1-c1cc(-n2c3ccccc3c3ccccc32)nc(-n2c3ccccc3c3cccnc32)c1. The van der Waals surface area contributed by atoms with Crippen LogP contribution in [0.2, 0.25) is 0 Å². The maximum Gasteiger partial charge on any atom is 0.146 e. The molecule has 0 spiro atoms. The minimum atomic E-state index is 0.618. The summed E-state index contributed by atoms with van der Waals surface area (Å²) in [5.74, 6) is 4.68. The number of hydrogen-bond acceptors (Lipinski definition) is 9. The van der Waals surface area contributed by atoms with Gasteiger partial charge in [-0.15, -0.1) is 0 Å². The second kappa shape index (κ2) is 28.7. The van der Waals surface area contributed by atoms with Crippen LogP contribution in [0.25, 0.3) is 200 Å². The summed E-state index contributed by atoms with van der Waals surface area (Å²) in [6.45, 7) is 0. The zero-order valence-corrected chi connectivity index (χ0v) is 64.1. The van der Waals surface area contributed by atoms with E-state index < -0.39 is 0 Å². The number of nitriles is 3. The molecule has 12 aromatic heterocycles. The third kappa shape index (κ3) is 11.5. The summed E-state index contributed by atoms with van der Waals surface area (Å²) in [7, 11) is 0. The van der Waals surface area contributed by atoms with Crippen LogP contribution in [0.4, 0.5) is 0 Å². The van der Waals surface area contributed by atoms with E-state index in [9.17, 15) is 15.8 Å². The normalized spacial score (nSPS) is 11.5. The molecule has 15 heteroatoms. The van der Waals surface area contributed by atoms with Gasteiger partial charge in [0.2, 0.25) is 0 Å². The monoisotopic (exact) mass is 1530 g/mol. The molecular weight excluding hydrogens is 1470 g/mol. The number of pyridine rings is 6. The summed E-state index contributed by atoms with van der Waals surface area (Å²) < 4.78 is 13.1. The topological polar surface area (TPSA) is 178 Å². The fraction of sp³-hybridized carbons (Fsp3) is 0. The van der Waals surface area contributed by atoms with E-state index in [-0.39, 0.29) is 0 Å². The van der Waals surface area contributed by atoms with Crippen molar-refractivity contribution in [3.8, 4) is 86.5 Å². The summed E-state index contributed by atoms with van der Waals surface area (Å²) in [5, 5.41) is 42.6. The lowest BCUT2D eigenvalue weighted by Gasteiger charge is -2.14. The predicted octanol–water partition coefficient (Wildman–Crippen LogP) is 24.6. The van der Waals surface area contributed by atoms with E-state index in [1.807, 2.05) is 122 Å². The molecule has 15 nitrogen and oxygen atoms in total. The summed E-state index contributed by atoms with van der Waals surface area (Å²) in [4.78, 5) is 30.3. The fourth-order valence-corrected chi connectivity index (χ4v) is 17.6. The fourth-order valence-electron chi connectivity index (χ4n) is 17.6. The molecule has 0 N–H and O–H groups in total. The molecule has 24 aromatic rings. The largest absolute Gasteiger partial charge is 0.294 e. The minimum absolute atomic E-state index is 0.618. The number of para-hydroxylation sites is 9. The van der Waals surface area contributed by atoms with Crippen molar-refractivity contribution >= 4 is 131 Å². The van der Waals surface area contributed by atoms with Gasteiger partial charge in [0.25, 0.3) is 0 Å². The van der Waals surface area contributed by atoms with E-state index in [1.54, 1.807) is 0 Å². The molecule has 0 aliphatic heterocycles. The number of benzene rings is 12. The van der Waals surface area contributed by atoms with Gasteiger partial charge in [-0.05, 0) is 191 Å². The zero-order valence-electron chi connectivity index (χ0n) is 64.1. The molecule has 0 radical (unpaired) electrons. The first kappa shape index (κ1) is 69.5. The summed E-state index contributed by atoms with van der Waals surface area (Å²) in [6, 6.07) is 131. The maximum absolute atomic E-state index is 9.97. The summed E-state index contributed by atoms with van der Waals surface area (Å²) in [6.07, 6.45) is 5.47. The number of nitrogens with zero attached hydrogens (tertiary/aromatic N) is 15. The first-order valence-corrected chi connectivity index (χ1v) is 39.5. The van der Waals surface area contributed by atoms with Gasteiger partial charge in [0.05, 0.1) is 84.5 Å². The number of hydrogen-bond donors (Lipinski definition) is 0. The van der Waals surface area contributed by atoms with Gasteiger partial charge < -0.3 is 0 Å². The maximum atomic E-state index is 9.97. The van der Waals surface area contributed by atoms with Gasteiger partial charge in [0.1, 0.15) is 51.8 Å². The number of rotatable bonds is 9. The smallest absolute Gasteiger partial charge is 0.146 e. The van der Waals surface area contributed by atoms with Gasteiger partial charge in [-0.3, -0.25) is 27.4 Å². The van der Waals surface area contributed by atoms with E-state index in [0.717, 1.165) is 167 Å². The van der Waals surface area contributed by atoms with Crippen molar-refractivity contribution in [3.05, 3.63) is 399 Å². The lowest BCUT2D eigenvalue weighted by Crippen LogP contribution is -2.05. The Balaban J connectivity index is 0.000000108. The van der Waals surface area contributed by atoms with Crippen molar-refractivity contribution in [2.45, 2.75) is 0 Å². The Hall–Kier alpha value is -17.2. The van der Waals surface area contributed by atoms with Gasteiger partial charge in [-0.2, -0.15) is 15.8 Å². The minimum Gasteiger partial charge on any atom is -0.294 e. The van der Waals surface area contributed by atoms with Crippen molar-refractivity contribution in [3.63, 3.8) is 0 Å². The standard InChI is InChI=1S/3C35H21N5/c36-22-23-9-7-10-24(19-23)25-20-33(39-30-15-4-1-11-26(30)27-12-2-5-16-31(27)39)38-34(21-25)40-32-17-6-3-13-28(32)29-14-8-18-37-35(29)40;36-22-23-15-17-24(18-16-23)25-20-33(39-30-12-4-1-8-26(30)27-9-2-5-13-31(27)39)38-34(21-25)40-32-14-6-3-10-28(32)29-11-7-19-37-35(29)40;36-22-23-10-1-2-11-25(23)24-20-33(39-30-16-6-3-12-26(30)27-13-4-7-17-31(27)39)38-34(21-24)40-32-18-8-5-14-28(32)29-15-9-19-37-35(29)40/h3*1-21H. The first-order valence-electron chi connectivity index (χ1n) is 39.5. The molecule has 0 unspecified atom stereocenters. The van der Waals surface area contributed by atoms with Crippen molar-refractivity contribution in [2.24, 2.45) is 0 Å². The highest BCUT2D eigenvalue weighted by atomic mass is 15.2. The van der Waals surface area contributed by atoms with Crippen molar-refractivity contribution in [1.82, 2.24) is 57.3 Å². The lowest BCUT2D eigenvalue weighted by molar-refractivity contribution is 1.00. The van der Waals surface area contributed by atoms with Gasteiger partial charge in [0, 0.05) is 83.2 Å². The van der Waals surface area contributed by atoms with E-state index >= 15 is 0 Å². The van der Waals surface area contributed by atoms with Crippen molar-refractivity contribution in [1.29, 1.82) is 15.8 Å². The Labute approximate surface area is 685 Å². The van der Waals surface area contributed by atoms with E-state index in [4.69, 9.17) is 29.9 Å². The molecule has 12 aromatic carbocycles. The third-order valence-corrected chi connectivity index (χ3v) is 22.8. The van der Waals surface area contributed by atoms with Crippen LogP contribution in [0.5, 0.6) is 0 Å². The highest BCUT2D eigenvalue weighted by Crippen LogP contribution is 2.42. The number of aromatic nitrogens is 12. The van der Waals surface area contributed by atoms with Crippen LogP contribution >= 0.6 is 0 Å². The highest BCUT2D eigenvalue weighted by molar-refractivity contribution is 6.14. The van der Waals surface area contributed by atoms with E-state index in [1.165, 1.54) is 32.3 Å². The lowest BCUT2D eigenvalue weighted by atomic mass is 10.0. The second-order valence-electron chi connectivity index (χ2n) is 29.5. The van der Waals surface area contributed by atoms with Gasteiger partial charge in [-0.1, -0.05) is 206 Å². The molecule has 120 heavy (non-hydrogen) atoms. The average Bonchev–Trinajstić information content (AvgIpc) is 1.59. The van der Waals surface area contributed by atoms with Crippen LogP contribution in [-0.2, 0) is 0 Å². The van der Waals surface area contributed by atoms with Crippen LogP contribution in [0.1, 0.15) is 16.7 Å². The molecule has 0 saturated carbocycles. The molecule has 0 amide bonds. The van der Waals surface area contributed by atoms with Gasteiger partial charge >= 0.3 is 0 Å². The Bertz CT molecular complexity index is 7720. The molecule has 24 rings (SSSR count). The molecule has 558 valence electrons. The van der Waals surface area contributed by atoms with Crippen LogP contribution in [-0.4, -0.2) is 57.3 Å². The predicted molar refractivity (Wildman–Crippen MR) is 483 cm³/mol. The third-order valence-electron chi connectivity index (χ3n) is 22.8. The Morgan fingerprint density at radius 1 is 0.192 bits per heavy atom. The van der Waals surface area contributed by atoms with Crippen LogP contribution in [0.15, 0.2) is 383 Å². The second-order valence-corrected chi connectivity index (χ2v) is 29.5. The summed E-state index contributed by atoms with van der Waals surface area (Å²) in [5.41, 5.74) is 19.8. The molecular formula is C105H63N15. The van der Waals surface area contributed by atoms with Crippen LogP contribution in [0, 0.1) is 34.0 Å². The molecule has 0 atom stereocenters. The first-order chi connectivity index (χ1) is 59.4. The molecule has 0 aliphatic carbocycles. The zero-order chi connectivity index (χ0) is 79.9. The highest BCUT2D eigenvalue weighted by Gasteiger charge is 2.25. The molecule has 12 heterocycles. The molecule has 0 bridgehead atoms. The molecule has 0 fully saturated rings. The molecule has 0 aliphatic rings. The Morgan fingerprint density at radius 3 is 0.800 bits per heavy atom. The summed E-state index contributed by atoms with van der Waals surface area (Å²) >= 11 is 0. The van der Waals surface area contributed by atoms with Gasteiger partial charge in [0.15, 0.2) is 0 Å². The quantitative estimate of drug-likeness (QED) is 0.136. The van der Waals surface area contributed by atoms with Crippen LogP contribution in [0.3, 0.4) is 0 Å². The van der Waals surface area contributed by atoms with Crippen molar-refractivity contribution < 1.29 is 0 Å².